The minimum Gasteiger partial charge on any atom is -0.516 e. The van der Waals surface area contributed by atoms with Crippen LogP contribution >= 0.6 is 0 Å². The van der Waals surface area contributed by atoms with Crippen LogP contribution in [0, 0.1) is 10.8 Å². The third-order valence-electron chi connectivity index (χ3n) is 7.45. The first-order valence-electron chi connectivity index (χ1n) is 18.2. The van der Waals surface area contributed by atoms with E-state index in [0.717, 1.165) is 35.5 Å². The van der Waals surface area contributed by atoms with Gasteiger partial charge in [-0.2, -0.15) is 0 Å². The van der Waals surface area contributed by atoms with Crippen LogP contribution < -0.4 is 0 Å². The summed E-state index contributed by atoms with van der Waals surface area (Å²) in [4.78, 5) is 34.7. The molecule has 3 rings (SSSR count). The van der Waals surface area contributed by atoms with Crippen LogP contribution in [0.5, 0.6) is 0 Å². The quantitative estimate of drug-likeness (QED) is 0.0341. The summed E-state index contributed by atoms with van der Waals surface area (Å²) in [5.41, 5.74) is 1.13. The van der Waals surface area contributed by atoms with Gasteiger partial charge >= 0.3 is 17.9 Å². The fraction of sp³-hybridized carbons (Fsp3) is 0.283. The topological polar surface area (TPSA) is 241 Å². The van der Waals surface area contributed by atoms with Crippen molar-refractivity contribution in [3.05, 3.63) is 163 Å². The van der Waals surface area contributed by atoms with Crippen molar-refractivity contribution in [3.63, 3.8) is 0 Å². The van der Waals surface area contributed by atoms with Crippen molar-refractivity contribution in [1.82, 2.24) is 0 Å². The van der Waals surface area contributed by atoms with Crippen molar-refractivity contribution >= 4 is 36.1 Å². The van der Waals surface area contributed by atoms with Crippen molar-refractivity contribution in [2.24, 2.45) is 10.8 Å². The molecule has 3 aromatic rings. The van der Waals surface area contributed by atoms with E-state index in [1.807, 2.05) is 91.0 Å². The molecule has 328 valence electrons. The summed E-state index contributed by atoms with van der Waals surface area (Å²) in [6.45, 7) is 11.6. The summed E-state index contributed by atoms with van der Waals surface area (Å²) in [6, 6.07) is 28.9. The Morgan fingerprint density at radius 1 is 0.450 bits per heavy atom. The zero-order chi connectivity index (χ0) is 45.8. The molecule has 0 bridgehead atoms. The molecule has 0 aliphatic carbocycles. The normalized spacial score (nSPS) is 10.6. The molecule has 8 N–H and O–H groups in total. The summed E-state index contributed by atoms with van der Waals surface area (Å²) < 4.78 is 15.1. The van der Waals surface area contributed by atoms with Crippen molar-refractivity contribution in [2.45, 2.75) is 20.8 Å². The molecule has 60 heavy (non-hydrogen) atoms. The molecule has 0 saturated heterocycles. The Hall–Kier alpha value is -6.29. The van der Waals surface area contributed by atoms with Gasteiger partial charge in [0.25, 0.3) is 0 Å². The molecule has 14 nitrogen and oxygen atoms in total. The molecule has 0 aliphatic heterocycles. The van der Waals surface area contributed by atoms with Crippen molar-refractivity contribution in [2.75, 3.05) is 52.9 Å². The number of hydrogen-bond acceptors (Lipinski definition) is 14. The average Bonchev–Trinajstić information content (AvgIpc) is 3.26. The van der Waals surface area contributed by atoms with Crippen LogP contribution in [0.25, 0.3) is 18.2 Å². The number of benzene rings is 3. The maximum Gasteiger partial charge on any atom is 0.333 e. The molecule has 0 aromatic heterocycles. The molecule has 0 heterocycles. The van der Waals surface area contributed by atoms with Gasteiger partial charge in [-0.3, -0.25) is 0 Å². The second-order valence-electron chi connectivity index (χ2n) is 13.0. The van der Waals surface area contributed by atoms with Gasteiger partial charge in [0, 0.05) is 16.7 Å². The first-order chi connectivity index (χ1) is 28.6. The highest BCUT2D eigenvalue weighted by molar-refractivity contribution is 5.88. The highest BCUT2D eigenvalue weighted by atomic mass is 16.6. The molecule has 0 spiro atoms. The average molecular weight is 837 g/mol. The van der Waals surface area contributed by atoms with Crippen LogP contribution in [0.2, 0.25) is 0 Å². The summed E-state index contributed by atoms with van der Waals surface area (Å²) >= 11 is 0. The molecule has 0 aliphatic rings. The van der Waals surface area contributed by atoms with E-state index in [1.54, 1.807) is 18.2 Å². The zero-order valence-corrected chi connectivity index (χ0v) is 34.4. The summed E-state index contributed by atoms with van der Waals surface area (Å²) in [7, 11) is 0. The van der Waals surface area contributed by atoms with Gasteiger partial charge < -0.3 is 55.1 Å². The van der Waals surface area contributed by atoms with Crippen LogP contribution in [0.15, 0.2) is 146 Å². The van der Waals surface area contributed by atoms with E-state index in [0.29, 0.717) is 0 Å². The number of hydrogen-bond donors (Lipinski definition) is 8. The molecule has 0 saturated carbocycles. The van der Waals surface area contributed by atoms with Crippen LogP contribution in [0.3, 0.4) is 0 Å². The highest BCUT2D eigenvalue weighted by Crippen LogP contribution is 2.21. The van der Waals surface area contributed by atoms with E-state index < -0.39 is 61.8 Å². The Kier molecular flexibility index (Phi) is 31.3. The van der Waals surface area contributed by atoms with Crippen molar-refractivity contribution in [1.29, 1.82) is 0 Å². The van der Waals surface area contributed by atoms with Gasteiger partial charge in [-0.1, -0.05) is 111 Å². The summed E-state index contributed by atoms with van der Waals surface area (Å²) in [5, 5.41) is 68.7. The summed E-state index contributed by atoms with van der Waals surface area (Å²) in [6.07, 6.45) is 8.03. The smallest absolute Gasteiger partial charge is 0.333 e. The lowest BCUT2D eigenvalue weighted by atomic mass is 9.92. The lowest BCUT2D eigenvalue weighted by Crippen LogP contribution is -2.42. The van der Waals surface area contributed by atoms with Crippen molar-refractivity contribution in [3.8, 4) is 0 Å². The van der Waals surface area contributed by atoms with Gasteiger partial charge in [0.1, 0.15) is 19.8 Å². The largest absolute Gasteiger partial charge is 0.516 e. The first kappa shape index (κ1) is 55.8. The fourth-order valence-corrected chi connectivity index (χ4v) is 3.54. The van der Waals surface area contributed by atoms with Gasteiger partial charge in [0.15, 0.2) is 0 Å². The van der Waals surface area contributed by atoms with Gasteiger partial charge in [-0.25, -0.2) is 14.4 Å². The molecule has 3 aromatic carbocycles. The van der Waals surface area contributed by atoms with Gasteiger partial charge in [-0.05, 0) is 55.7 Å². The number of esters is 3. The van der Waals surface area contributed by atoms with Crippen molar-refractivity contribution < 1.29 is 69.4 Å². The molecule has 0 atom stereocenters. The fourth-order valence-electron chi connectivity index (χ4n) is 3.54. The van der Waals surface area contributed by atoms with Crippen LogP contribution in [-0.2, 0) is 28.6 Å². The van der Waals surface area contributed by atoms with E-state index in [9.17, 15) is 19.5 Å². The molecular formula is C46H60O14. The Balaban J connectivity index is 0. The maximum absolute atomic E-state index is 11.6. The molecule has 14 heteroatoms. The Bertz CT molecular complexity index is 1540. The minimum absolute atomic E-state index is 0.166. The standard InChI is InChI=1S/C17H24O7.3C8H8O.C5H12O4/c1-11(2)14(19)22-8-17(7-18,9-23-15(20)12(3)4)10-24-16(21)13(5)6;3*9-7-6-8-4-2-1-3-5-8;6-1-5(2-7,3-8)4-9/h18H,1,3,5,7-10H2,2,4,6H3;3*1-7,9H;6-9H,1-4H2. The molecule has 0 unspecified atom stereocenters. The number of ether oxygens (including phenoxy) is 3. The zero-order valence-electron chi connectivity index (χ0n) is 34.4. The van der Waals surface area contributed by atoms with Gasteiger partial charge in [0.05, 0.1) is 62.7 Å². The monoisotopic (exact) mass is 836 g/mol. The third kappa shape index (κ3) is 25.9. The molecule has 0 fully saturated rings. The number of aliphatic hydroxyl groups excluding tert-OH is 8. The number of carbonyl (C=O) groups is 3. The predicted octanol–water partition coefficient (Wildman–Crippen LogP) is 5.91. The molecule has 0 amide bonds. The Morgan fingerprint density at radius 2 is 0.667 bits per heavy atom. The minimum atomic E-state index is -1.30. The Labute approximate surface area is 352 Å². The van der Waals surface area contributed by atoms with E-state index in [4.69, 9.17) is 50.0 Å². The Morgan fingerprint density at radius 3 is 0.817 bits per heavy atom. The highest BCUT2D eigenvalue weighted by Gasteiger charge is 2.36. The van der Waals surface area contributed by atoms with Gasteiger partial charge in [0.2, 0.25) is 0 Å². The molecular weight excluding hydrogens is 776 g/mol. The third-order valence-corrected chi connectivity index (χ3v) is 7.45. The van der Waals surface area contributed by atoms with E-state index >= 15 is 0 Å². The summed E-state index contributed by atoms with van der Waals surface area (Å²) in [5.74, 6) is -2.03. The van der Waals surface area contributed by atoms with Crippen LogP contribution in [0.1, 0.15) is 37.5 Å². The second kappa shape index (κ2) is 33.7. The SMILES string of the molecule is C=C(C)C(=O)OCC(CO)(COC(=O)C(=C)C)COC(=O)C(=C)C.OC=Cc1ccccc1.OC=Cc1ccccc1.OC=Cc1ccccc1.OCC(CO)(CO)CO. The van der Waals surface area contributed by atoms with E-state index in [1.165, 1.54) is 20.8 Å². The lowest BCUT2D eigenvalue weighted by molar-refractivity contribution is -0.160. The van der Waals surface area contributed by atoms with Crippen LogP contribution in [0.4, 0.5) is 0 Å². The lowest BCUT2D eigenvalue weighted by Gasteiger charge is -2.30. The maximum atomic E-state index is 11.6. The molecule has 0 radical (unpaired) electrons. The van der Waals surface area contributed by atoms with Gasteiger partial charge in [-0.15, -0.1) is 0 Å². The first-order valence-corrected chi connectivity index (χ1v) is 18.2. The van der Waals surface area contributed by atoms with E-state index in [2.05, 4.69) is 19.7 Å². The number of rotatable bonds is 17. The number of aliphatic hydroxyl groups is 8. The second-order valence-corrected chi connectivity index (χ2v) is 13.0. The number of carbonyl (C=O) groups excluding carboxylic acids is 3. The van der Waals surface area contributed by atoms with E-state index in [-0.39, 0.29) is 36.5 Å². The van der Waals surface area contributed by atoms with Crippen LogP contribution in [-0.4, -0.2) is 112 Å². The predicted molar refractivity (Wildman–Crippen MR) is 232 cm³/mol.